The minimum atomic E-state index is 0.125. The first-order valence-electron chi connectivity index (χ1n) is 6.88. The maximum Gasteiger partial charge on any atom is 0.169 e. The van der Waals surface area contributed by atoms with Gasteiger partial charge >= 0.3 is 0 Å². The summed E-state index contributed by atoms with van der Waals surface area (Å²) in [6.07, 6.45) is 3.57. The molecule has 0 aromatic heterocycles. The van der Waals surface area contributed by atoms with Gasteiger partial charge in [0.25, 0.3) is 0 Å². The van der Waals surface area contributed by atoms with Crippen molar-refractivity contribution in [1.82, 2.24) is 0 Å². The monoisotopic (exact) mass is 320 g/mol. The molecule has 100 valence electrons. The first-order valence-corrected chi connectivity index (χ1v) is 7.67. The third kappa shape index (κ3) is 2.04. The van der Waals surface area contributed by atoms with Crippen LogP contribution in [0.5, 0.6) is 0 Å². The average molecular weight is 321 g/mol. The fourth-order valence-electron chi connectivity index (χ4n) is 3.36. The van der Waals surface area contributed by atoms with Gasteiger partial charge in [0.05, 0.1) is 5.57 Å². The molecule has 3 heteroatoms. The van der Waals surface area contributed by atoms with Crippen molar-refractivity contribution < 1.29 is 9.90 Å². The van der Waals surface area contributed by atoms with Gasteiger partial charge in [0.15, 0.2) is 5.78 Å². The van der Waals surface area contributed by atoms with Gasteiger partial charge in [0, 0.05) is 16.3 Å². The molecule has 2 aliphatic carbocycles. The zero-order valence-electron chi connectivity index (χ0n) is 10.9. The fourth-order valence-corrected chi connectivity index (χ4v) is 3.72. The van der Waals surface area contributed by atoms with Gasteiger partial charge in [0.1, 0.15) is 5.76 Å². The smallest absolute Gasteiger partial charge is 0.169 e. The lowest BCUT2D eigenvalue weighted by atomic mass is 9.82. The van der Waals surface area contributed by atoms with E-state index in [0.717, 1.165) is 41.3 Å². The molecule has 0 spiro atoms. The Labute approximate surface area is 121 Å². The number of aryl methyl sites for hydroxylation is 1. The second-order valence-corrected chi connectivity index (χ2v) is 6.40. The van der Waals surface area contributed by atoms with Crippen molar-refractivity contribution in [2.24, 2.45) is 11.8 Å². The Balaban J connectivity index is 2.18. The zero-order chi connectivity index (χ0) is 13.6. The molecule has 2 nitrogen and oxygen atoms in total. The van der Waals surface area contributed by atoms with Crippen molar-refractivity contribution in [1.29, 1.82) is 0 Å². The summed E-state index contributed by atoms with van der Waals surface area (Å²) in [6.45, 7) is 2.08. The van der Waals surface area contributed by atoms with Crippen LogP contribution in [0.15, 0.2) is 28.4 Å². The summed E-state index contributed by atoms with van der Waals surface area (Å²) in [5.74, 6) is 0.784. The highest BCUT2D eigenvalue weighted by Gasteiger charge is 2.41. The maximum atomic E-state index is 12.5. The molecule has 0 amide bonds. The molecule has 2 aliphatic rings. The van der Waals surface area contributed by atoms with E-state index >= 15 is 0 Å². The van der Waals surface area contributed by atoms with E-state index in [-0.39, 0.29) is 17.6 Å². The molecule has 3 rings (SSSR count). The number of hydrogen-bond acceptors (Lipinski definition) is 2. The highest BCUT2D eigenvalue weighted by atomic mass is 79.9. The number of carbonyl (C=O) groups excluding carboxylic acids is 1. The summed E-state index contributed by atoms with van der Waals surface area (Å²) in [4.78, 5) is 12.5. The lowest BCUT2D eigenvalue weighted by Gasteiger charge is -2.23. The number of halogens is 1. The number of carbonyl (C=O) groups is 1. The van der Waals surface area contributed by atoms with Crippen LogP contribution >= 0.6 is 15.9 Å². The standard InChI is InChI=1S/C16H17BrO2/c1-2-9-5-6-12(17)8-13(9)14-15(18)10-3-4-11(7-10)16(14)19/h5-6,8,10-11,18H,2-4,7H2,1H3/t10-,11+/m0/s1. The lowest BCUT2D eigenvalue weighted by Crippen LogP contribution is -2.21. The van der Waals surface area contributed by atoms with Crippen LogP contribution < -0.4 is 0 Å². The Morgan fingerprint density at radius 1 is 1.32 bits per heavy atom. The van der Waals surface area contributed by atoms with Crippen LogP contribution in [0.25, 0.3) is 5.57 Å². The van der Waals surface area contributed by atoms with E-state index in [1.807, 2.05) is 18.2 Å². The van der Waals surface area contributed by atoms with Crippen molar-refractivity contribution in [3.63, 3.8) is 0 Å². The Morgan fingerprint density at radius 3 is 2.79 bits per heavy atom. The second-order valence-electron chi connectivity index (χ2n) is 5.49. The molecule has 1 saturated carbocycles. The maximum absolute atomic E-state index is 12.5. The predicted molar refractivity (Wildman–Crippen MR) is 78.9 cm³/mol. The van der Waals surface area contributed by atoms with Crippen LogP contribution in [0.1, 0.15) is 37.3 Å². The summed E-state index contributed by atoms with van der Waals surface area (Å²) >= 11 is 3.46. The SMILES string of the molecule is CCc1ccc(Br)cc1C1=C(O)[C@H]2CC[C@H](C2)C1=O. The number of hydrogen-bond donors (Lipinski definition) is 1. The number of aliphatic hydroxyl groups excluding tert-OH is 1. The van der Waals surface area contributed by atoms with Gasteiger partial charge in [-0.2, -0.15) is 0 Å². The Hall–Kier alpha value is -1.09. The zero-order valence-corrected chi connectivity index (χ0v) is 12.5. The van der Waals surface area contributed by atoms with Gasteiger partial charge in [-0.15, -0.1) is 0 Å². The average Bonchev–Trinajstić information content (AvgIpc) is 2.84. The quantitative estimate of drug-likeness (QED) is 0.883. The first kappa shape index (κ1) is 12.9. The van der Waals surface area contributed by atoms with Gasteiger partial charge in [-0.1, -0.05) is 28.9 Å². The molecule has 1 aromatic carbocycles. The topological polar surface area (TPSA) is 37.3 Å². The molecule has 2 atom stereocenters. The van der Waals surface area contributed by atoms with Gasteiger partial charge in [-0.05, 0) is 48.9 Å². The molecule has 0 unspecified atom stereocenters. The number of benzene rings is 1. The molecule has 1 N–H and O–H groups in total. The summed E-state index contributed by atoms with van der Waals surface area (Å²) in [6, 6.07) is 5.98. The van der Waals surface area contributed by atoms with Gasteiger partial charge in [-0.25, -0.2) is 0 Å². The molecule has 1 aromatic rings. The van der Waals surface area contributed by atoms with Crippen molar-refractivity contribution in [2.75, 3.05) is 0 Å². The summed E-state index contributed by atoms with van der Waals surface area (Å²) in [7, 11) is 0. The molecular weight excluding hydrogens is 304 g/mol. The van der Waals surface area contributed by atoms with E-state index in [2.05, 4.69) is 22.9 Å². The minimum Gasteiger partial charge on any atom is -0.511 e. The first-order chi connectivity index (χ1) is 9.11. The van der Waals surface area contributed by atoms with Gasteiger partial charge in [-0.3, -0.25) is 4.79 Å². The number of fused-ring (bicyclic) bond motifs is 2. The highest BCUT2D eigenvalue weighted by Crippen LogP contribution is 2.46. The lowest BCUT2D eigenvalue weighted by molar-refractivity contribution is -0.117. The van der Waals surface area contributed by atoms with Crippen molar-refractivity contribution in [3.8, 4) is 0 Å². The summed E-state index contributed by atoms with van der Waals surface area (Å²) in [5, 5.41) is 10.4. The van der Waals surface area contributed by atoms with Crippen LogP contribution in [0.4, 0.5) is 0 Å². The number of rotatable bonds is 2. The molecule has 1 fully saturated rings. The third-order valence-corrected chi connectivity index (χ3v) is 4.91. The van der Waals surface area contributed by atoms with E-state index in [4.69, 9.17) is 0 Å². The van der Waals surface area contributed by atoms with E-state index < -0.39 is 0 Å². The number of aliphatic hydroxyl groups is 1. The van der Waals surface area contributed by atoms with Crippen LogP contribution in [0.2, 0.25) is 0 Å². The van der Waals surface area contributed by atoms with E-state index in [9.17, 15) is 9.90 Å². The Kier molecular flexibility index (Phi) is 3.25. The van der Waals surface area contributed by atoms with E-state index in [0.29, 0.717) is 11.3 Å². The molecular formula is C16H17BrO2. The van der Waals surface area contributed by atoms with Crippen molar-refractivity contribution >= 4 is 27.3 Å². The van der Waals surface area contributed by atoms with Crippen molar-refractivity contribution in [3.05, 3.63) is 39.6 Å². The van der Waals surface area contributed by atoms with Gasteiger partial charge in [0.2, 0.25) is 0 Å². The van der Waals surface area contributed by atoms with Crippen LogP contribution in [0, 0.1) is 11.8 Å². The van der Waals surface area contributed by atoms with E-state index in [1.54, 1.807) is 0 Å². The largest absolute Gasteiger partial charge is 0.511 e. The normalized spacial score (nSPS) is 26.1. The Bertz CT molecular complexity index is 574. The predicted octanol–water partition coefficient (Wildman–Crippen LogP) is 4.28. The fraction of sp³-hybridized carbons (Fsp3) is 0.438. The van der Waals surface area contributed by atoms with Crippen molar-refractivity contribution in [2.45, 2.75) is 32.6 Å². The summed E-state index contributed by atoms with van der Waals surface area (Å²) < 4.78 is 0.950. The highest BCUT2D eigenvalue weighted by molar-refractivity contribution is 9.10. The van der Waals surface area contributed by atoms with Crippen LogP contribution in [0.3, 0.4) is 0 Å². The second kappa shape index (κ2) is 4.78. The number of Topliss-reactive ketones (excluding diaryl/α,β-unsaturated/α-hetero) is 1. The number of allylic oxidation sites excluding steroid dienone is 2. The molecule has 0 heterocycles. The molecule has 0 saturated heterocycles. The number of ketones is 1. The Morgan fingerprint density at radius 2 is 2.05 bits per heavy atom. The molecule has 19 heavy (non-hydrogen) atoms. The minimum absolute atomic E-state index is 0.125. The molecule has 0 aliphatic heterocycles. The molecule has 0 radical (unpaired) electrons. The van der Waals surface area contributed by atoms with E-state index in [1.165, 1.54) is 0 Å². The third-order valence-electron chi connectivity index (χ3n) is 4.41. The molecule has 2 bridgehead atoms. The van der Waals surface area contributed by atoms with Crippen LogP contribution in [-0.4, -0.2) is 10.9 Å². The van der Waals surface area contributed by atoms with Crippen LogP contribution in [-0.2, 0) is 11.2 Å². The van der Waals surface area contributed by atoms with Gasteiger partial charge < -0.3 is 5.11 Å². The summed E-state index contributed by atoms with van der Waals surface area (Å²) in [5.41, 5.74) is 2.62.